The van der Waals surface area contributed by atoms with E-state index in [0.29, 0.717) is 25.7 Å². The topological polar surface area (TPSA) is 219 Å². The van der Waals surface area contributed by atoms with Gasteiger partial charge in [-0.2, -0.15) is 0 Å². The van der Waals surface area contributed by atoms with Crippen LogP contribution in [0.1, 0.15) is 67.1 Å². The molecule has 0 aliphatic heterocycles. The van der Waals surface area contributed by atoms with Crippen molar-refractivity contribution in [3.63, 3.8) is 0 Å². The highest BCUT2D eigenvalue weighted by atomic mass is 16.6. The average molecular weight is 502 g/mol. The smallest absolute Gasteiger partial charge is 0.336 e. The van der Waals surface area contributed by atoms with Gasteiger partial charge in [0.05, 0.1) is 21.0 Å². The summed E-state index contributed by atoms with van der Waals surface area (Å²) in [4.78, 5) is 68.1. The minimum Gasteiger partial charge on any atom is -0.478 e. The van der Waals surface area contributed by atoms with Gasteiger partial charge >= 0.3 is 11.9 Å². The number of carboxylic acid groups (broad SMARTS) is 2. The quantitative estimate of drug-likeness (QED) is 0.178. The number of hydrogen-bond acceptors (Lipinski definition) is 8. The number of hydrogen-bond donors (Lipinski definition) is 4. The number of carbonyl (C=O) groups excluding carboxylic acids is 2. The Bertz CT molecular complexity index is 1050. The molecule has 0 fully saturated rings. The van der Waals surface area contributed by atoms with Crippen molar-refractivity contribution in [3.05, 3.63) is 78.9 Å². The fourth-order valence-electron chi connectivity index (χ4n) is 3.40. The minimum atomic E-state index is -1.47. The summed E-state index contributed by atoms with van der Waals surface area (Å²) >= 11 is 0. The van der Waals surface area contributed by atoms with Crippen LogP contribution in [0.25, 0.3) is 0 Å². The molecule has 0 saturated heterocycles. The summed E-state index contributed by atoms with van der Waals surface area (Å²) < 4.78 is 0. The molecule has 0 saturated carbocycles. The number of carbonyl (C=O) groups is 4. The molecule has 190 valence electrons. The van der Waals surface area contributed by atoms with E-state index in [0.717, 1.165) is 24.3 Å². The van der Waals surface area contributed by atoms with Crippen LogP contribution in [0.3, 0.4) is 0 Å². The monoisotopic (exact) mass is 502 g/mol. The number of carboxylic acids is 2. The molecule has 2 aromatic carbocycles. The van der Waals surface area contributed by atoms with Gasteiger partial charge in [0, 0.05) is 25.2 Å². The van der Waals surface area contributed by atoms with Gasteiger partial charge in [-0.15, -0.1) is 0 Å². The second kappa shape index (κ2) is 12.5. The van der Waals surface area contributed by atoms with Crippen molar-refractivity contribution in [2.45, 2.75) is 25.7 Å². The van der Waals surface area contributed by atoms with Crippen LogP contribution >= 0.6 is 0 Å². The molecule has 0 bridgehead atoms. The Balaban J connectivity index is 1.82. The van der Waals surface area contributed by atoms with E-state index >= 15 is 0 Å². The lowest BCUT2D eigenvalue weighted by molar-refractivity contribution is -0.385. The molecule has 0 aliphatic carbocycles. The van der Waals surface area contributed by atoms with Crippen molar-refractivity contribution in [3.8, 4) is 0 Å². The molecule has 0 heterocycles. The Labute approximate surface area is 203 Å². The number of benzene rings is 2. The van der Waals surface area contributed by atoms with E-state index in [-0.39, 0.29) is 13.1 Å². The van der Waals surface area contributed by atoms with Crippen molar-refractivity contribution < 1.29 is 39.2 Å². The van der Waals surface area contributed by atoms with E-state index in [1.54, 1.807) is 0 Å². The molecule has 4 N–H and O–H groups in total. The molecule has 0 radical (unpaired) electrons. The molecule has 14 heteroatoms. The van der Waals surface area contributed by atoms with Gasteiger partial charge in [0.1, 0.15) is 11.1 Å². The second-order valence-corrected chi connectivity index (χ2v) is 7.45. The first kappa shape index (κ1) is 27.4. The number of rotatable bonds is 13. The van der Waals surface area contributed by atoms with Crippen LogP contribution in [-0.2, 0) is 0 Å². The summed E-state index contributed by atoms with van der Waals surface area (Å²) in [5.41, 5.74) is -3.27. The lowest BCUT2D eigenvalue weighted by atomic mass is 10.0. The van der Waals surface area contributed by atoms with E-state index in [4.69, 9.17) is 0 Å². The maximum absolute atomic E-state index is 12.4. The number of nitrogens with zero attached hydrogens (tertiary/aromatic N) is 2. The molecule has 0 aromatic heterocycles. The number of nitrogens with one attached hydrogen (secondary N) is 2. The first-order chi connectivity index (χ1) is 17.1. The van der Waals surface area contributed by atoms with Crippen LogP contribution in [0, 0.1) is 20.2 Å². The first-order valence-corrected chi connectivity index (χ1v) is 10.6. The molecular weight excluding hydrogens is 480 g/mol. The zero-order valence-corrected chi connectivity index (χ0v) is 18.8. The van der Waals surface area contributed by atoms with Gasteiger partial charge in [-0.1, -0.05) is 25.0 Å². The van der Waals surface area contributed by atoms with Crippen molar-refractivity contribution in [1.82, 2.24) is 10.6 Å². The molecule has 0 unspecified atom stereocenters. The Morgan fingerprint density at radius 1 is 0.667 bits per heavy atom. The van der Waals surface area contributed by atoms with E-state index in [2.05, 4.69) is 10.6 Å². The predicted octanol–water partition coefficient (Wildman–Crippen LogP) is 2.62. The van der Waals surface area contributed by atoms with Gasteiger partial charge in [-0.25, -0.2) is 9.59 Å². The van der Waals surface area contributed by atoms with Gasteiger partial charge in [0.15, 0.2) is 0 Å². The first-order valence-electron chi connectivity index (χ1n) is 10.6. The molecule has 2 rings (SSSR count). The fraction of sp³-hybridized carbons (Fsp3) is 0.273. The van der Waals surface area contributed by atoms with Crippen LogP contribution in [0.5, 0.6) is 0 Å². The Morgan fingerprint density at radius 2 is 1.03 bits per heavy atom. The number of nitro benzene ring substituents is 2. The predicted molar refractivity (Wildman–Crippen MR) is 123 cm³/mol. The number of amides is 2. The number of nitro groups is 2. The van der Waals surface area contributed by atoms with Crippen molar-refractivity contribution >= 4 is 35.1 Å². The summed E-state index contributed by atoms with van der Waals surface area (Å²) in [5.74, 6) is -4.71. The van der Waals surface area contributed by atoms with Gasteiger partial charge in [-0.05, 0) is 25.0 Å². The Kier molecular flexibility index (Phi) is 9.54. The van der Waals surface area contributed by atoms with Gasteiger partial charge in [0.2, 0.25) is 0 Å². The third-order valence-electron chi connectivity index (χ3n) is 5.07. The zero-order chi connectivity index (χ0) is 26.8. The van der Waals surface area contributed by atoms with Gasteiger partial charge in [-0.3, -0.25) is 29.8 Å². The SMILES string of the molecule is O=C(O)c1cccc([N+](=O)[O-])c1C(=O)NCCCCCCNC(=O)c1c(C(=O)O)cccc1[N+](=O)[O-]. The normalized spacial score (nSPS) is 10.3. The largest absolute Gasteiger partial charge is 0.478 e. The van der Waals surface area contributed by atoms with E-state index in [1.807, 2.05) is 0 Å². The van der Waals surface area contributed by atoms with Crippen molar-refractivity contribution in [2.75, 3.05) is 13.1 Å². The summed E-state index contributed by atoms with van der Waals surface area (Å²) in [6, 6.07) is 6.63. The maximum atomic E-state index is 12.4. The van der Waals surface area contributed by atoms with E-state index in [9.17, 15) is 49.6 Å². The van der Waals surface area contributed by atoms with E-state index < -0.39 is 67.2 Å². The van der Waals surface area contributed by atoms with Crippen LogP contribution < -0.4 is 10.6 Å². The Hall–Kier alpha value is -4.88. The Morgan fingerprint density at radius 3 is 1.33 bits per heavy atom. The number of aromatic carboxylic acids is 2. The highest BCUT2D eigenvalue weighted by Gasteiger charge is 2.28. The molecule has 0 spiro atoms. The highest BCUT2D eigenvalue weighted by Crippen LogP contribution is 2.23. The van der Waals surface area contributed by atoms with Crippen LogP contribution in [0.15, 0.2) is 36.4 Å². The van der Waals surface area contributed by atoms with Crippen molar-refractivity contribution in [1.29, 1.82) is 0 Å². The second-order valence-electron chi connectivity index (χ2n) is 7.45. The van der Waals surface area contributed by atoms with Crippen LogP contribution in [0.4, 0.5) is 11.4 Å². The molecule has 2 amide bonds. The summed E-state index contributed by atoms with van der Waals surface area (Å²) in [5, 5.41) is 45.7. The molecular formula is C22H22N4O10. The lowest BCUT2D eigenvalue weighted by Crippen LogP contribution is -2.28. The van der Waals surface area contributed by atoms with E-state index in [1.165, 1.54) is 12.1 Å². The van der Waals surface area contributed by atoms with Gasteiger partial charge in [0.25, 0.3) is 23.2 Å². The van der Waals surface area contributed by atoms with Crippen LogP contribution in [0.2, 0.25) is 0 Å². The molecule has 0 aliphatic rings. The molecule has 36 heavy (non-hydrogen) atoms. The minimum absolute atomic E-state index is 0.120. The lowest BCUT2D eigenvalue weighted by Gasteiger charge is -2.09. The fourth-order valence-corrected chi connectivity index (χ4v) is 3.40. The molecule has 0 atom stereocenters. The maximum Gasteiger partial charge on any atom is 0.336 e. The highest BCUT2D eigenvalue weighted by molar-refractivity contribution is 6.08. The standard InChI is InChI=1S/C22H22N4O10/c27-19(17-13(21(29)30)7-5-9-15(17)25(33)34)23-11-3-1-2-4-12-24-20(28)18-14(22(31)32)8-6-10-16(18)26(35)36/h5-10H,1-4,11-12H2,(H,23,27)(H,24,28)(H,29,30)(H,31,32). The summed E-state index contributed by atoms with van der Waals surface area (Å²) in [6.45, 7) is 0.239. The third-order valence-corrected chi connectivity index (χ3v) is 5.07. The summed E-state index contributed by atoms with van der Waals surface area (Å²) in [7, 11) is 0. The summed E-state index contributed by atoms with van der Waals surface area (Å²) in [6.07, 6.45) is 2.06. The third kappa shape index (κ3) is 6.82. The van der Waals surface area contributed by atoms with Crippen LogP contribution in [-0.4, -0.2) is 56.9 Å². The van der Waals surface area contributed by atoms with Gasteiger partial charge < -0.3 is 20.8 Å². The molecule has 2 aromatic rings. The number of unbranched alkanes of at least 4 members (excludes halogenated alkanes) is 3. The zero-order valence-electron chi connectivity index (χ0n) is 18.8. The average Bonchev–Trinajstić information content (AvgIpc) is 2.83. The molecule has 14 nitrogen and oxygen atoms in total. The van der Waals surface area contributed by atoms with Crippen molar-refractivity contribution in [2.24, 2.45) is 0 Å².